The molecule has 1 aliphatic carbocycles. The monoisotopic (exact) mass is 298 g/mol. The minimum atomic E-state index is -1.66. The van der Waals surface area contributed by atoms with Crippen LogP contribution in [0.25, 0.3) is 0 Å². The molecule has 0 aromatic carbocycles. The fraction of sp³-hybridized carbons (Fsp3) is 0.733. The first-order valence-electron chi connectivity index (χ1n) is 7.35. The summed E-state index contributed by atoms with van der Waals surface area (Å²) in [6, 6.07) is 0. The van der Waals surface area contributed by atoms with E-state index >= 15 is 0 Å². The van der Waals surface area contributed by atoms with Gasteiger partial charge in [0.1, 0.15) is 11.5 Å². The molecule has 0 N–H and O–H groups in total. The number of hydrogen-bond donors (Lipinski definition) is 0. The Labute approximate surface area is 121 Å². The molecule has 2 nitrogen and oxygen atoms in total. The zero-order valence-corrected chi connectivity index (χ0v) is 15.8. The summed E-state index contributed by atoms with van der Waals surface area (Å²) in [6.45, 7) is 18.1. The van der Waals surface area contributed by atoms with Gasteiger partial charge >= 0.3 is 0 Å². The molecule has 1 aliphatic rings. The lowest BCUT2D eigenvalue weighted by atomic mass is 10.5. The van der Waals surface area contributed by atoms with Gasteiger partial charge in [0.2, 0.25) is 16.6 Å². The fourth-order valence-electron chi connectivity index (χ4n) is 1.46. The first kappa shape index (κ1) is 16.6. The summed E-state index contributed by atoms with van der Waals surface area (Å²) in [5.74, 6) is 1.98. The summed E-state index contributed by atoms with van der Waals surface area (Å²) in [5.41, 5.74) is 1.20. The maximum Gasteiger partial charge on any atom is 0.247 e. The molecule has 19 heavy (non-hydrogen) atoms. The zero-order valence-electron chi connectivity index (χ0n) is 13.8. The number of allylic oxidation sites excluding steroid dienone is 2. The Bertz CT molecular complexity index is 344. The van der Waals surface area contributed by atoms with Crippen LogP contribution in [0.4, 0.5) is 0 Å². The maximum atomic E-state index is 6.33. The molecule has 1 rings (SSSR count). The second-order valence-corrected chi connectivity index (χ2v) is 16.2. The van der Waals surface area contributed by atoms with Gasteiger partial charge in [0.25, 0.3) is 0 Å². The van der Waals surface area contributed by atoms with Gasteiger partial charge in [-0.2, -0.15) is 0 Å². The molecule has 0 amide bonds. The SMILES string of the molecule is CC(C)[Si](C)(C)OC1=CCC=C1O[Si](C)(C)C(C)C. The van der Waals surface area contributed by atoms with Crippen molar-refractivity contribution in [3.8, 4) is 0 Å². The van der Waals surface area contributed by atoms with Crippen LogP contribution >= 0.6 is 0 Å². The van der Waals surface area contributed by atoms with E-state index in [1.165, 1.54) is 0 Å². The van der Waals surface area contributed by atoms with Crippen LogP contribution in [-0.4, -0.2) is 16.6 Å². The summed E-state index contributed by atoms with van der Waals surface area (Å²) in [7, 11) is -3.33. The van der Waals surface area contributed by atoms with E-state index in [9.17, 15) is 0 Å². The van der Waals surface area contributed by atoms with E-state index in [2.05, 4.69) is 66.0 Å². The normalized spacial score (nSPS) is 16.7. The van der Waals surface area contributed by atoms with Crippen LogP contribution < -0.4 is 0 Å². The van der Waals surface area contributed by atoms with E-state index in [4.69, 9.17) is 8.85 Å². The molecular weight excluding hydrogens is 268 g/mol. The Balaban J connectivity index is 2.76. The molecule has 0 heterocycles. The third-order valence-corrected chi connectivity index (χ3v) is 11.4. The van der Waals surface area contributed by atoms with Crippen LogP contribution in [-0.2, 0) is 8.85 Å². The zero-order chi connectivity index (χ0) is 14.8. The third-order valence-electron chi connectivity index (χ3n) is 4.38. The maximum absolute atomic E-state index is 6.33. The number of hydrogen-bond acceptors (Lipinski definition) is 2. The molecule has 0 aliphatic heterocycles. The highest BCUT2D eigenvalue weighted by atomic mass is 28.4. The smallest absolute Gasteiger partial charge is 0.247 e. The molecule has 4 heteroatoms. The summed E-state index contributed by atoms with van der Waals surface area (Å²) in [4.78, 5) is 0. The van der Waals surface area contributed by atoms with Gasteiger partial charge in [0.15, 0.2) is 0 Å². The van der Waals surface area contributed by atoms with Gasteiger partial charge in [-0.1, -0.05) is 27.7 Å². The van der Waals surface area contributed by atoms with Crippen LogP contribution in [0, 0.1) is 0 Å². The largest absolute Gasteiger partial charge is 0.542 e. The van der Waals surface area contributed by atoms with Crippen molar-refractivity contribution in [3.63, 3.8) is 0 Å². The Hall–Kier alpha value is -0.486. The van der Waals surface area contributed by atoms with Gasteiger partial charge in [-0.3, -0.25) is 0 Å². The Kier molecular flexibility index (Phi) is 5.12. The third kappa shape index (κ3) is 4.24. The second-order valence-electron chi connectivity index (χ2n) is 7.09. The van der Waals surface area contributed by atoms with Crippen molar-refractivity contribution in [2.75, 3.05) is 0 Å². The van der Waals surface area contributed by atoms with E-state index < -0.39 is 16.6 Å². The van der Waals surface area contributed by atoms with Gasteiger partial charge in [0.05, 0.1) is 0 Å². The van der Waals surface area contributed by atoms with E-state index in [0.29, 0.717) is 11.1 Å². The molecule has 0 unspecified atom stereocenters. The van der Waals surface area contributed by atoms with E-state index in [-0.39, 0.29) is 0 Å². The molecular formula is C15H30O2Si2. The molecule has 110 valence electrons. The van der Waals surface area contributed by atoms with Gasteiger partial charge in [0, 0.05) is 0 Å². The van der Waals surface area contributed by atoms with Crippen molar-refractivity contribution in [1.82, 2.24) is 0 Å². The molecule has 0 saturated carbocycles. The van der Waals surface area contributed by atoms with E-state index in [0.717, 1.165) is 17.9 Å². The van der Waals surface area contributed by atoms with E-state index in [1.54, 1.807) is 0 Å². The first-order valence-corrected chi connectivity index (χ1v) is 13.3. The summed E-state index contributed by atoms with van der Waals surface area (Å²) < 4.78 is 12.7. The lowest BCUT2D eigenvalue weighted by Crippen LogP contribution is -2.36. The lowest BCUT2D eigenvalue weighted by Gasteiger charge is -2.33. The first-order chi connectivity index (χ1) is 8.56. The van der Waals surface area contributed by atoms with Gasteiger partial charge in [-0.25, -0.2) is 0 Å². The van der Waals surface area contributed by atoms with Gasteiger partial charge in [-0.15, -0.1) is 0 Å². The van der Waals surface area contributed by atoms with E-state index in [1.807, 2.05) is 0 Å². The summed E-state index contributed by atoms with van der Waals surface area (Å²) in [6.07, 6.45) is 5.27. The predicted octanol–water partition coefficient (Wildman–Crippen LogP) is 5.42. The summed E-state index contributed by atoms with van der Waals surface area (Å²) >= 11 is 0. The standard InChI is InChI=1S/C15H30O2Si2/c1-12(2)18(5,6)16-14-10-9-11-15(14)17-19(7,8)13(3)4/h10-13H,9H2,1-8H3. The molecule has 0 aromatic heterocycles. The quantitative estimate of drug-likeness (QED) is 0.609. The van der Waals surface area contributed by atoms with Crippen LogP contribution in [0.15, 0.2) is 23.7 Å². The van der Waals surface area contributed by atoms with Crippen LogP contribution in [0.1, 0.15) is 34.1 Å². The Morgan fingerprint density at radius 2 is 1.11 bits per heavy atom. The predicted molar refractivity (Wildman–Crippen MR) is 88.1 cm³/mol. The average molecular weight is 299 g/mol. The van der Waals surface area contributed by atoms with Crippen molar-refractivity contribution in [1.29, 1.82) is 0 Å². The molecule has 0 atom stereocenters. The van der Waals surface area contributed by atoms with Crippen molar-refractivity contribution in [2.45, 2.75) is 71.4 Å². The minimum Gasteiger partial charge on any atom is -0.542 e. The van der Waals surface area contributed by atoms with Crippen molar-refractivity contribution in [3.05, 3.63) is 23.7 Å². The van der Waals surface area contributed by atoms with Gasteiger partial charge < -0.3 is 8.85 Å². The molecule has 0 aromatic rings. The molecule has 0 saturated heterocycles. The highest BCUT2D eigenvalue weighted by Crippen LogP contribution is 2.34. The minimum absolute atomic E-state index is 0.602. The lowest BCUT2D eigenvalue weighted by molar-refractivity contribution is 0.333. The molecule has 0 radical (unpaired) electrons. The highest BCUT2D eigenvalue weighted by molar-refractivity contribution is 6.73. The highest BCUT2D eigenvalue weighted by Gasteiger charge is 2.35. The van der Waals surface area contributed by atoms with Gasteiger partial charge in [-0.05, 0) is 55.8 Å². The second kappa shape index (κ2) is 5.87. The van der Waals surface area contributed by atoms with Crippen LogP contribution in [0.5, 0.6) is 0 Å². The van der Waals surface area contributed by atoms with Crippen LogP contribution in [0.2, 0.25) is 37.3 Å². The number of rotatable bonds is 6. The summed E-state index contributed by atoms with van der Waals surface area (Å²) in [5, 5.41) is 0. The van der Waals surface area contributed by atoms with Crippen molar-refractivity contribution >= 4 is 16.6 Å². The van der Waals surface area contributed by atoms with Crippen LogP contribution in [0.3, 0.4) is 0 Å². The van der Waals surface area contributed by atoms with Crippen molar-refractivity contribution < 1.29 is 8.85 Å². The Morgan fingerprint density at radius 1 is 0.789 bits per heavy atom. The topological polar surface area (TPSA) is 18.5 Å². The molecule has 0 bridgehead atoms. The Morgan fingerprint density at radius 3 is 1.37 bits per heavy atom. The molecule has 0 spiro atoms. The van der Waals surface area contributed by atoms with Crippen molar-refractivity contribution in [2.24, 2.45) is 0 Å². The molecule has 0 fully saturated rings. The fourth-order valence-corrected chi connectivity index (χ4v) is 3.43. The average Bonchev–Trinajstić information content (AvgIpc) is 2.63.